The van der Waals surface area contributed by atoms with Gasteiger partial charge in [-0.15, -0.1) is 0 Å². The van der Waals surface area contributed by atoms with Crippen molar-refractivity contribution in [2.75, 3.05) is 0 Å². The summed E-state index contributed by atoms with van der Waals surface area (Å²) in [6.45, 7) is 10.4. The minimum absolute atomic E-state index is 0.0510. The minimum Gasteiger partial charge on any atom is -0.488 e. The van der Waals surface area contributed by atoms with E-state index in [1.165, 1.54) is 5.56 Å². The van der Waals surface area contributed by atoms with Gasteiger partial charge in [-0.05, 0) is 44.7 Å². The van der Waals surface area contributed by atoms with Crippen LogP contribution in [-0.2, 0) is 4.79 Å². The molecule has 0 aromatic heterocycles. The van der Waals surface area contributed by atoms with Crippen LogP contribution < -0.4 is 4.74 Å². The summed E-state index contributed by atoms with van der Waals surface area (Å²) in [7, 11) is 0. The van der Waals surface area contributed by atoms with Crippen molar-refractivity contribution in [2.45, 2.75) is 60.0 Å². The number of Topliss-reactive ketones (excluding diaryl/α,β-unsaturated/α-hetero) is 1. The van der Waals surface area contributed by atoms with Gasteiger partial charge in [0.05, 0.1) is 5.41 Å². The Labute approximate surface area is 116 Å². The maximum absolute atomic E-state index is 12.0. The number of hydrogen-bond donors (Lipinski definition) is 0. The second-order valence-corrected chi connectivity index (χ2v) is 5.82. The largest absolute Gasteiger partial charge is 0.488 e. The highest BCUT2D eigenvalue weighted by Gasteiger charge is 2.54. The molecule has 1 aromatic rings. The van der Waals surface area contributed by atoms with Crippen LogP contribution in [0.25, 0.3) is 0 Å². The third-order valence-corrected chi connectivity index (χ3v) is 4.67. The molecular weight excluding hydrogens is 236 g/mol. The van der Waals surface area contributed by atoms with Crippen molar-refractivity contribution >= 4 is 5.78 Å². The fourth-order valence-electron chi connectivity index (χ4n) is 3.36. The summed E-state index contributed by atoms with van der Waals surface area (Å²) in [5, 5.41) is 0. The number of aryl methyl sites for hydroxylation is 3. The van der Waals surface area contributed by atoms with Crippen molar-refractivity contribution in [3.05, 3.63) is 28.8 Å². The molecule has 104 valence electrons. The van der Waals surface area contributed by atoms with Crippen molar-refractivity contribution in [3.8, 4) is 5.75 Å². The van der Waals surface area contributed by atoms with Gasteiger partial charge in [0.15, 0.2) is 0 Å². The van der Waals surface area contributed by atoms with Crippen molar-refractivity contribution in [1.29, 1.82) is 0 Å². The number of carbonyl (C=O) groups excluding carboxylic acids is 1. The Balaban J connectivity index is 2.26. The lowest BCUT2D eigenvalue weighted by Crippen LogP contribution is -2.56. The molecule has 0 saturated heterocycles. The third kappa shape index (κ3) is 2.18. The monoisotopic (exact) mass is 260 g/mol. The lowest BCUT2D eigenvalue weighted by Gasteiger charge is -2.46. The highest BCUT2D eigenvalue weighted by Crippen LogP contribution is 2.46. The summed E-state index contributed by atoms with van der Waals surface area (Å²) in [4.78, 5) is 12.0. The van der Waals surface area contributed by atoms with Gasteiger partial charge in [0.2, 0.25) is 0 Å². The van der Waals surface area contributed by atoms with E-state index < -0.39 is 0 Å². The van der Waals surface area contributed by atoms with Crippen LogP contribution in [-0.4, -0.2) is 11.9 Å². The standard InChI is InChI=1S/C17H24O2/c1-6-17(7-2)14(18)10-15(17)19-16-12(4)8-11(3)9-13(16)5/h8-9,15H,6-7,10H2,1-5H3. The molecule has 0 spiro atoms. The molecule has 0 bridgehead atoms. The number of benzene rings is 1. The molecule has 0 N–H and O–H groups in total. The molecule has 0 radical (unpaired) electrons. The fraction of sp³-hybridized carbons (Fsp3) is 0.588. The first kappa shape index (κ1) is 14.1. The van der Waals surface area contributed by atoms with Crippen molar-refractivity contribution < 1.29 is 9.53 Å². The van der Waals surface area contributed by atoms with E-state index in [0.717, 1.165) is 29.7 Å². The highest BCUT2D eigenvalue weighted by atomic mass is 16.5. The zero-order chi connectivity index (χ0) is 14.2. The predicted molar refractivity (Wildman–Crippen MR) is 77.7 cm³/mol. The fourth-order valence-corrected chi connectivity index (χ4v) is 3.36. The van der Waals surface area contributed by atoms with Gasteiger partial charge in [-0.2, -0.15) is 0 Å². The van der Waals surface area contributed by atoms with Crippen LogP contribution in [0.3, 0.4) is 0 Å². The molecule has 0 amide bonds. The summed E-state index contributed by atoms with van der Waals surface area (Å²) in [5.41, 5.74) is 3.34. The SMILES string of the molecule is CCC1(CC)C(=O)CC1Oc1c(C)cc(C)cc1C. The van der Waals surface area contributed by atoms with E-state index in [4.69, 9.17) is 4.74 Å². The van der Waals surface area contributed by atoms with Crippen LogP contribution in [0, 0.1) is 26.2 Å². The van der Waals surface area contributed by atoms with E-state index >= 15 is 0 Å². The van der Waals surface area contributed by atoms with E-state index in [0.29, 0.717) is 12.2 Å². The third-order valence-electron chi connectivity index (χ3n) is 4.67. The molecule has 1 unspecified atom stereocenters. The smallest absolute Gasteiger partial charge is 0.146 e. The first-order valence-corrected chi connectivity index (χ1v) is 7.22. The Morgan fingerprint density at radius 3 is 2.11 bits per heavy atom. The highest BCUT2D eigenvalue weighted by molar-refractivity contribution is 5.92. The van der Waals surface area contributed by atoms with Gasteiger partial charge in [-0.25, -0.2) is 0 Å². The van der Waals surface area contributed by atoms with Crippen LogP contribution in [0.15, 0.2) is 12.1 Å². The average molecular weight is 260 g/mol. The Morgan fingerprint density at radius 2 is 1.68 bits per heavy atom. The summed E-state index contributed by atoms with van der Waals surface area (Å²) in [6.07, 6.45) is 2.36. The van der Waals surface area contributed by atoms with Gasteiger partial charge in [0, 0.05) is 6.42 Å². The minimum atomic E-state index is -0.246. The van der Waals surface area contributed by atoms with E-state index in [2.05, 4.69) is 46.8 Å². The van der Waals surface area contributed by atoms with Crippen molar-refractivity contribution in [2.24, 2.45) is 5.41 Å². The maximum Gasteiger partial charge on any atom is 0.146 e. The second-order valence-electron chi connectivity index (χ2n) is 5.82. The summed E-state index contributed by atoms with van der Waals surface area (Å²) >= 11 is 0. The maximum atomic E-state index is 12.0. The Bertz CT molecular complexity index is 475. The van der Waals surface area contributed by atoms with Crippen LogP contribution in [0.1, 0.15) is 49.8 Å². The molecular formula is C17H24O2. The lowest BCUT2D eigenvalue weighted by molar-refractivity contribution is -0.153. The summed E-state index contributed by atoms with van der Waals surface area (Å²) in [5.74, 6) is 1.33. The first-order valence-electron chi connectivity index (χ1n) is 7.22. The van der Waals surface area contributed by atoms with Gasteiger partial charge in [-0.3, -0.25) is 4.79 Å². The molecule has 1 fully saturated rings. The van der Waals surface area contributed by atoms with Crippen LogP contribution >= 0.6 is 0 Å². The van der Waals surface area contributed by atoms with Gasteiger partial charge in [0.25, 0.3) is 0 Å². The van der Waals surface area contributed by atoms with E-state index in [-0.39, 0.29) is 11.5 Å². The normalized spacial score (nSPS) is 21.1. The number of carbonyl (C=O) groups is 1. The van der Waals surface area contributed by atoms with E-state index in [1.54, 1.807) is 0 Å². The van der Waals surface area contributed by atoms with Gasteiger partial charge >= 0.3 is 0 Å². The van der Waals surface area contributed by atoms with Crippen LogP contribution in [0.4, 0.5) is 0 Å². The van der Waals surface area contributed by atoms with Gasteiger partial charge in [0.1, 0.15) is 17.6 Å². The quantitative estimate of drug-likeness (QED) is 0.813. The second kappa shape index (κ2) is 4.99. The molecule has 0 aliphatic heterocycles. The molecule has 19 heavy (non-hydrogen) atoms. The first-order chi connectivity index (χ1) is 8.94. The van der Waals surface area contributed by atoms with Crippen molar-refractivity contribution in [1.82, 2.24) is 0 Å². The van der Waals surface area contributed by atoms with Crippen LogP contribution in [0.5, 0.6) is 5.75 Å². The topological polar surface area (TPSA) is 26.3 Å². The zero-order valence-electron chi connectivity index (χ0n) is 12.7. The Kier molecular flexibility index (Phi) is 3.71. The van der Waals surface area contributed by atoms with Gasteiger partial charge in [-0.1, -0.05) is 31.5 Å². The average Bonchev–Trinajstić information content (AvgIpc) is 2.33. The number of rotatable bonds is 4. The molecule has 2 nitrogen and oxygen atoms in total. The summed E-state index contributed by atoms with van der Waals surface area (Å²) in [6, 6.07) is 4.28. The predicted octanol–water partition coefficient (Wildman–Crippen LogP) is 4.14. The molecule has 1 aliphatic carbocycles. The molecule has 1 saturated carbocycles. The molecule has 1 aromatic carbocycles. The lowest BCUT2D eigenvalue weighted by atomic mass is 9.61. The van der Waals surface area contributed by atoms with E-state index in [1.807, 2.05) is 0 Å². The number of ether oxygens (including phenoxy) is 1. The molecule has 0 heterocycles. The van der Waals surface area contributed by atoms with Gasteiger partial charge < -0.3 is 4.74 Å². The Morgan fingerprint density at radius 1 is 1.16 bits per heavy atom. The van der Waals surface area contributed by atoms with Crippen LogP contribution in [0.2, 0.25) is 0 Å². The molecule has 1 atom stereocenters. The Hall–Kier alpha value is -1.31. The molecule has 1 aliphatic rings. The molecule has 2 heteroatoms. The number of ketones is 1. The van der Waals surface area contributed by atoms with E-state index in [9.17, 15) is 4.79 Å². The molecule has 2 rings (SSSR count). The summed E-state index contributed by atoms with van der Waals surface area (Å²) < 4.78 is 6.21. The van der Waals surface area contributed by atoms with Crippen molar-refractivity contribution in [3.63, 3.8) is 0 Å². The zero-order valence-corrected chi connectivity index (χ0v) is 12.7. The number of hydrogen-bond acceptors (Lipinski definition) is 2.